The molecule has 31 heteroatoms. The highest BCUT2D eigenvalue weighted by atomic mass is 35.5. The van der Waals surface area contributed by atoms with Gasteiger partial charge in [0, 0.05) is 30.8 Å². The van der Waals surface area contributed by atoms with Crippen molar-refractivity contribution < 1.29 is 78.5 Å². The van der Waals surface area contributed by atoms with Crippen LogP contribution in [0, 0.1) is 10.1 Å². The molecular weight excluding hydrogens is 1040 g/mol. The summed E-state index contributed by atoms with van der Waals surface area (Å²) in [7, 11) is -6.92. The second kappa shape index (κ2) is 23.9. The maximum atomic E-state index is 12.7. The van der Waals surface area contributed by atoms with E-state index < -0.39 is 93.9 Å². The predicted molar refractivity (Wildman–Crippen MR) is 245 cm³/mol. The molecule has 6 N–H and O–H groups in total. The number of aromatic carboxylic acids is 1. The Morgan fingerprint density at radius 3 is 2.10 bits per heavy atom. The first-order valence-electron chi connectivity index (χ1n) is 19.2. The number of fused-ring (bicyclic) bond motifs is 1. The Morgan fingerprint density at radius 1 is 0.817 bits per heavy atom. The van der Waals surface area contributed by atoms with Gasteiger partial charge in [0.2, 0.25) is 21.9 Å². The van der Waals surface area contributed by atoms with Gasteiger partial charge in [-0.05, 0) is 67.6 Å². The van der Waals surface area contributed by atoms with Gasteiger partial charge in [0.15, 0.2) is 6.61 Å². The van der Waals surface area contributed by atoms with Crippen LogP contribution in [0.2, 0.25) is 10.0 Å². The summed E-state index contributed by atoms with van der Waals surface area (Å²) in [5, 5.41) is 34.4. The minimum absolute atomic E-state index is 0.0776. The summed E-state index contributed by atoms with van der Waals surface area (Å²) in [4.78, 5) is 70.9. The molecule has 0 aliphatic carbocycles. The van der Waals surface area contributed by atoms with Gasteiger partial charge >= 0.3 is 30.2 Å². The maximum absolute atomic E-state index is 12.7. The number of rotatable bonds is 15. The molecule has 0 unspecified atom stereocenters. The number of halogens is 5. The third-order valence-corrected chi connectivity index (χ3v) is 10.7. The molecule has 0 saturated carbocycles. The highest BCUT2D eigenvalue weighted by molar-refractivity contribution is 7.90. The quantitative estimate of drug-likeness (QED) is 0.0464. The van der Waals surface area contributed by atoms with Crippen LogP contribution in [0.5, 0.6) is 23.3 Å². The fourth-order valence-electron chi connectivity index (χ4n) is 5.30. The molecule has 0 atom stereocenters. The third-order valence-electron chi connectivity index (χ3n) is 8.18. The number of aliphatic carboxylic acids is 1. The van der Waals surface area contributed by atoms with E-state index in [2.05, 4.69) is 30.6 Å². The number of carbonyl (C=O) groups excluding carboxylic acids is 2. The number of sulfonamides is 2. The number of anilines is 2. The maximum Gasteiger partial charge on any atom is 0.416 e. The SMILES string of the molecule is CCOc1nc(NC)nc(NC(=O)NS(=O)(=O)c2ccccc2C(=O)O)n1.CS(=O)(=O)NC(=O)c1cc(Oc2ccc(C(F)(F)F)cc2Cl)ccc1[N+](=O)[O-].O=C(O)COc1ccc(Cl)c2cccnc12. The lowest BCUT2D eigenvalue weighted by molar-refractivity contribution is -0.385. The summed E-state index contributed by atoms with van der Waals surface area (Å²) in [6, 6.07) is 15.5. The average Bonchev–Trinajstić information content (AvgIpc) is 3.28. The predicted octanol–water partition coefficient (Wildman–Crippen LogP) is 6.62. The number of hydrogen-bond acceptors (Lipinski definition) is 18. The minimum atomic E-state index is -4.62. The summed E-state index contributed by atoms with van der Waals surface area (Å²) >= 11 is 11.7. The van der Waals surface area contributed by atoms with Gasteiger partial charge in [0.1, 0.15) is 33.2 Å². The van der Waals surface area contributed by atoms with Crippen molar-refractivity contribution in [1.29, 1.82) is 0 Å². The number of hydrogen-bond donors (Lipinski definition) is 6. The molecule has 6 rings (SSSR count). The van der Waals surface area contributed by atoms with E-state index in [9.17, 15) is 59.3 Å². The van der Waals surface area contributed by atoms with Crippen molar-refractivity contribution in [3.8, 4) is 23.3 Å². The van der Waals surface area contributed by atoms with Crippen LogP contribution in [0.4, 0.5) is 35.5 Å². The average molecular weight is 1070 g/mol. The van der Waals surface area contributed by atoms with E-state index in [-0.39, 0.29) is 36.0 Å². The Morgan fingerprint density at radius 2 is 1.49 bits per heavy atom. The number of benzene rings is 4. The van der Waals surface area contributed by atoms with Crippen molar-refractivity contribution in [3.05, 3.63) is 128 Å². The van der Waals surface area contributed by atoms with Crippen LogP contribution >= 0.6 is 23.2 Å². The Kier molecular flexibility index (Phi) is 18.7. The molecule has 0 aliphatic heterocycles. The smallest absolute Gasteiger partial charge is 0.416 e. The van der Waals surface area contributed by atoms with Crippen molar-refractivity contribution in [2.24, 2.45) is 0 Å². The van der Waals surface area contributed by atoms with E-state index in [0.29, 0.717) is 34.7 Å². The topological polar surface area (TPSA) is 348 Å². The molecule has 0 radical (unpaired) electrons. The van der Waals surface area contributed by atoms with Crippen LogP contribution in [0.1, 0.15) is 33.2 Å². The Balaban J connectivity index is 0.000000240. The molecule has 2 aromatic heterocycles. The molecule has 24 nitrogen and oxygen atoms in total. The van der Waals surface area contributed by atoms with E-state index in [1.807, 2.05) is 0 Å². The van der Waals surface area contributed by atoms with E-state index in [4.69, 9.17) is 47.6 Å². The van der Waals surface area contributed by atoms with Crippen molar-refractivity contribution >= 4 is 95.6 Å². The molecule has 0 saturated heterocycles. The van der Waals surface area contributed by atoms with Gasteiger partial charge in [0.05, 0.1) is 39.0 Å². The summed E-state index contributed by atoms with van der Waals surface area (Å²) < 4.78 is 104. The number of amides is 3. The lowest BCUT2D eigenvalue weighted by Crippen LogP contribution is -2.35. The van der Waals surface area contributed by atoms with Crippen molar-refractivity contribution in [1.82, 2.24) is 29.4 Å². The lowest BCUT2D eigenvalue weighted by atomic mass is 10.1. The van der Waals surface area contributed by atoms with Crippen LogP contribution in [0.3, 0.4) is 0 Å². The Bertz CT molecular complexity index is 3230. The van der Waals surface area contributed by atoms with E-state index in [1.54, 1.807) is 46.8 Å². The zero-order valence-electron chi connectivity index (χ0n) is 36.2. The second-order valence-corrected chi connectivity index (χ2v) is 17.5. The molecule has 0 bridgehead atoms. The lowest BCUT2D eigenvalue weighted by Gasteiger charge is -2.12. The van der Waals surface area contributed by atoms with Crippen molar-refractivity contribution in [2.45, 2.75) is 18.0 Å². The Labute approximate surface area is 408 Å². The van der Waals surface area contributed by atoms with Gasteiger partial charge in [0.25, 0.3) is 21.6 Å². The molecule has 2 heterocycles. The summed E-state index contributed by atoms with van der Waals surface area (Å²) in [6.07, 6.45) is -2.34. The van der Waals surface area contributed by atoms with E-state index >= 15 is 0 Å². The zero-order chi connectivity index (χ0) is 52.8. The monoisotopic (exact) mass is 1070 g/mol. The first kappa shape index (κ1) is 55.4. The van der Waals surface area contributed by atoms with Gasteiger partial charge in [-0.25, -0.2) is 40.7 Å². The second-order valence-electron chi connectivity index (χ2n) is 13.3. The molecule has 0 aliphatic rings. The summed E-state index contributed by atoms with van der Waals surface area (Å²) in [5.74, 6) is -3.92. The largest absolute Gasteiger partial charge is 0.480 e. The van der Waals surface area contributed by atoms with Crippen LogP contribution in [0.25, 0.3) is 10.9 Å². The van der Waals surface area contributed by atoms with Crippen molar-refractivity contribution in [2.75, 3.05) is 37.2 Å². The number of nitro benzene ring substituents is 1. The van der Waals surface area contributed by atoms with Gasteiger partial charge in [-0.1, -0.05) is 35.3 Å². The highest BCUT2D eigenvalue weighted by Crippen LogP contribution is 2.37. The number of ether oxygens (including phenoxy) is 3. The minimum Gasteiger partial charge on any atom is -0.480 e. The fourth-order valence-corrected chi connectivity index (χ4v) is 7.29. The summed E-state index contributed by atoms with van der Waals surface area (Å²) in [5.41, 5.74) is -2.25. The third kappa shape index (κ3) is 16.2. The Hall–Kier alpha value is -8.15. The van der Waals surface area contributed by atoms with Crippen LogP contribution < -0.4 is 34.3 Å². The standard InChI is InChI=1S/C15H10ClF3N2O6S.C14H16N6O6S.C11H8ClNO3/c1-28(25,26)20-14(22)10-7-9(3-4-12(10)21(23)24)27-13-5-2-8(6-11(13)16)15(17,18)19;1-3-26-14-18-11(15-2)16-12(19-14)17-13(23)20-27(24,25)9-7-5-4-6-8(9)10(21)22;12-8-3-4-9(16-6-10(14)15)11-7(8)2-1-5-13-11/h2-7H,1H3,(H,20,22);4-7H,3H2,1-2H3,(H,21,22)(H3,15,16,17,18,19,20,23);1-5H,6H2,(H,14,15). The number of aromatic nitrogens is 4. The highest BCUT2D eigenvalue weighted by Gasteiger charge is 2.31. The number of carboxylic acid groups (broad SMARTS) is 2. The number of nitrogens with zero attached hydrogens (tertiary/aromatic N) is 5. The number of nitrogens with one attached hydrogen (secondary N) is 4. The van der Waals surface area contributed by atoms with Gasteiger partial charge < -0.3 is 29.7 Å². The normalized spacial score (nSPS) is 11.0. The van der Waals surface area contributed by atoms with Gasteiger partial charge in [-0.2, -0.15) is 28.1 Å². The molecule has 6 aromatic rings. The molecular formula is C40H34Cl2F3N9O15S2. The van der Waals surface area contributed by atoms with Crippen molar-refractivity contribution in [3.63, 3.8) is 0 Å². The number of carboxylic acids is 2. The zero-order valence-corrected chi connectivity index (χ0v) is 39.4. The number of carbonyl (C=O) groups is 4. The fraction of sp³-hybridized carbons (Fsp3) is 0.150. The molecule has 376 valence electrons. The number of urea groups is 1. The first-order chi connectivity index (χ1) is 33.2. The molecule has 4 aromatic carbocycles. The van der Waals surface area contributed by atoms with Gasteiger partial charge in [-0.3, -0.25) is 25.2 Å². The molecule has 71 heavy (non-hydrogen) atoms. The number of alkyl halides is 3. The first-order valence-corrected chi connectivity index (χ1v) is 23.3. The molecule has 0 fully saturated rings. The van der Waals surface area contributed by atoms with E-state index in [1.165, 1.54) is 19.2 Å². The van der Waals surface area contributed by atoms with Crippen LogP contribution in [0.15, 0.2) is 96.0 Å². The molecule has 0 spiro atoms. The summed E-state index contributed by atoms with van der Waals surface area (Å²) in [6.45, 7) is 1.57. The van der Waals surface area contributed by atoms with Crippen LogP contribution in [-0.2, 0) is 31.0 Å². The number of pyridine rings is 1. The van der Waals surface area contributed by atoms with E-state index in [0.717, 1.165) is 41.8 Å². The van der Waals surface area contributed by atoms with Gasteiger partial charge in [-0.15, -0.1) is 0 Å². The number of nitro groups is 1. The molecule has 3 amide bonds. The van der Waals surface area contributed by atoms with Crippen LogP contribution in [-0.4, -0.2) is 102 Å².